The highest BCUT2D eigenvalue weighted by atomic mass is 35.5. The van der Waals surface area contributed by atoms with Gasteiger partial charge in [-0.05, 0) is 49.8 Å². The summed E-state index contributed by atoms with van der Waals surface area (Å²) in [6.07, 6.45) is 5.91. The van der Waals surface area contributed by atoms with Crippen LogP contribution in [0.4, 0.5) is 5.69 Å². The number of hydrogen-bond donors (Lipinski definition) is 2. The zero-order chi connectivity index (χ0) is 17.2. The molecule has 2 aliphatic rings. The fourth-order valence-corrected chi connectivity index (χ4v) is 4.09. The highest BCUT2D eigenvalue weighted by Crippen LogP contribution is 2.28. The Morgan fingerprint density at radius 2 is 2.12 bits per heavy atom. The van der Waals surface area contributed by atoms with Crippen LogP contribution >= 0.6 is 12.4 Å². The van der Waals surface area contributed by atoms with Crippen molar-refractivity contribution in [2.45, 2.75) is 38.1 Å². The van der Waals surface area contributed by atoms with Crippen LogP contribution in [-0.2, 0) is 16.4 Å². The summed E-state index contributed by atoms with van der Waals surface area (Å²) in [7, 11) is -3.25. The predicted molar refractivity (Wildman–Crippen MR) is 102 cm³/mol. The van der Waals surface area contributed by atoms with E-state index in [1.54, 1.807) is 0 Å². The van der Waals surface area contributed by atoms with E-state index in [0.717, 1.165) is 61.7 Å². The van der Waals surface area contributed by atoms with Crippen molar-refractivity contribution in [3.05, 3.63) is 29.3 Å². The van der Waals surface area contributed by atoms with Gasteiger partial charge >= 0.3 is 0 Å². The lowest BCUT2D eigenvalue weighted by molar-refractivity contribution is 0.0617. The number of hydrogen-bond acceptors (Lipinski definition) is 4. The molecule has 1 amide bonds. The van der Waals surface area contributed by atoms with Gasteiger partial charge in [-0.2, -0.15) is 0 Å². The lowest BCUT2D eigenvalue weighted by atomic mass is 9.95. The summed E-state index contributed by atoms with van der Waals surface area (Å²) in [5.41, 5.74) is 2.90. The molecule has 1 saturated heterocycles. The number of benzene rings is 1. The van der Waals surface area contributed by atoms with E-state index >= 15 is 0 Å². The van der Waals surface area contributed by atoms with Crippen LogP contribution in [0.1, 0.15) is 41.6 Å². The molecule has 1 fully saturated rings. The third kappa shape index (κ3) is 4.86. The molecular formula is C17H26ClN3O3S. The van der Waals surface area contributed by atoms with Crippen LogP contribution < -0.4 is 10.0 Å². The molecule has 0 saturated carbocycles. The molecule has 1 unspecified atom stereocenters. The number of amides is 1. The van der Waals surface area contributed by atoms with E-state index in [1.165, 1.54) is 0 Å². The monoisotopic (exact) mass is 387 g/mol. The summed E-state index contributed by atoms with van der Waals surface area (Å²) in [5, 5.41) is 3.35. The van der Waals surface area contributed by atoms with Gasteiger partial charge in [-0.25, -0.2) is 13.1 Å². The van der Waals surface area contributed by atoms with Crippen molar-refractivity contribution < 1.29 is 13.2 Å². The maximum Gasteiger partial charge on any atom is 0.254 e. The van der Waals surface area contributed by atoms with Gasteiger partial charge in [-0.3, -0.25) is 4.79 Å². The highest BCUT2D eigenvalue weighted by Gasteiger charge is 2.30. The number of halogens is 1. The van der Waals surface area contributed by atoms with E-state index in [1.807, 2.05) is 23.1 Å². The third-order valence-electron chi connectivity index (χ3n) is 4.79. The van der Waals surface area contributed by atoms with Gasteiger partial charge in [0.2, 0.25) is 10.0 Å². The quantitative estimate of drug-likeness (QED) is 0.828. The average molecular weight is 388 g/mol. The SMILES string of the molecule is CS(=O)(=O)NCC1CCCCN1C(=O)c1cccc2c1CCCN2.Cl. The molecule has 0 aliphatic carbocycles. The smallest absolute Gasteiger partial charge is 0.254 e. The zero-order valence-corrected chi connectivity index (χ0v) is 16.1. The number of nitrogens with one attached hydrogen (secondary N) is 2. The summed E-state index contributed by atoms with van der Waals surface area (Å²) in [6, 6.07) is 5.75. The number of likely N-dealkylation sites (tertiary alicyclic amines) is 1. The summed E-state index contributed by atoms with van der Waals surface area (Å²) < 4.78 is 25.3. The number of sulfonamides is 1. The molecule has 2 heterocycles. The lowest BCUT2D eigenvalue weighted by Crippen LogP contribution is -2.49. The Labute approximate surface area is 155 Å². The first-order valence-corrected chi connectivity index (χ1v) is 10.5. The molecule has 0 bridgehead atoms. The standard InChI is InChI=1S/C17H25N3O3S.ClH/c1-24(22,23)19-12-13-6-2-3-11-20(13)17(21)15-7-4-9-16-14(15)8-5-10-18-16;/h4,7,9,13,18-19H,2-3,5-6,8,10-12H2,1H3;1H. The minimum absolute atomic E-state index is 0. The molecule has 1 atom stereocenters. The molecule has 3 rings (SSSR count). The first-order chi connectivity index (χ1) is 11.5. The number of piperidine rings is 1. The van der Waals surface area contributed by atoms with Gasteiger partial charge in [0.15, 0.2) is 0 Å². The van der Waals surface area contributed by atoms with Gasteiger partial charge in [0.1, 0.15) is 0 Å². The fraction of sp³-hybridized carbons (Fsp3) is 0.588. The van der Waals surface area contributed by atoms with Crippen LogP contribution in [0.15, 0.2) is 18.2 Å². The third-order valence-corrected chi connectivity index (χ3v) is 5.49. The molecule has 6 nitrogen and oxygen atoms in total. The molecule has 0 radical (unpaired) electrons. The van der Waals surface area contributed by atoms with Crippen LogP contribution in [0.2, 0.25) is 0 Å². The Bertz CT molecular complexity index is 724. The Hall–Kier alpha value is -1.31. The van der Waals surface area contributed by atoms with Crippen molar-refractivity contribution in [2.75, 3.05) is 31.2 Å². The summed E-state index contributed by atoms with van der Waals surface area (Å²) in [6.45, 7) is 1.92. The van der Waals surface area contributed by atoms with Crippen LogP contribution in [-0.4, -0.2) is 51.2 Å². The van der Waals surface area contributed by atoms with Crippen molar-refractivity contribution in [3.63, 3.8) is 0 Å². The van der Waals surface area contributed by atoms with Gasteiger partial charge in [0, 0.05) is 36.9 Å². The maximum atomic E-state index is 13.1. The first-order valence-electron chi connectivity index (χ1n) is 8.57. The topological polar surface area (TPSA) is 78.5 Å². The number of nitrogens with zero attached hydrogens (tertiary/aromatic N) is 1. The fourth-order valence-electron chi connectivity index (χ4n) is 3.59. The number of rotatable bonds is 4. The minimum Gasteiger partial charge on any atom is -0.385 e. The molecule has 140 valence electrons. The molecule has 25 heavy (non-hydrogen) atoms. The van der Waals surface area contributed by atoms with Gasteiger partial charge in [0.05, 0.1) is 6.26 Å². The van der Waals surface area contributed by atoms with Gasteiger partial charge in [0.25, 0.3) is 5.91 Å². The van der Waals surface area contributed by atoms with E-state index in [9.17, 15) is 13.2 Å². The summed E-state index contributed by atoms with van der Waals surface area (Å²) in [5.74, 6) is 0.0237. The molecule has 1 aromatic rings. The second-order valence-electron chi connectivity index (χ2n) is 6.63. The van der Waals surface area contributed by atoms with Crippen molar-refractivity contribution in [1.29, 1.82) is 0 Å². The zero-order valence-electron chi connectivity index (χ0n) is 14.5. The number of anilines is 1. The first kappa shape index (κ1) is 20.0. The number of fused-ring (bicyclic) bond motifs is 1. The van der Waals surface area contributed by atoms with E-state index in [-0.39, 0.29) is 30.9 Å². The summed E-state index contributed by atoms with van der Waals surface area (Å²) in [4.78, 5) is 15.0. The lowest BCUT2D eigenvalue weighted by Gasteiger charge is -2.36. The molecule has 2 N–H and O–H groups in total. The van der Waals surface area contributed by atoms with E-state index < -0.39 is 10.0 Å². The van der Waals surface area contributed by atoms with Crippen molar-refractivity contribution >= 4 is 34.0 Å². The second kappa shape index (κ2) is 8.38. The van der Waals surface area contributed by atoms with E-state index in [4.69, 9.17) is 0 Å². The normalized spacial score (nSPS) is 20.2. The molecule has 2 aliphatic heterocycles. The van der Waals surface area contributed by atoms with Crippen molar-refractivity contribution in [3.8, 4) is 0 Å². The highest BCUT2D eigenvalue weighted by molar-refractivity contribution is 7.88. The average Bonchev–Trinajstić information content (AvgIpc) is 2.58. The largest absolute Gasteiger partial charge is 0.385 e. The number of carbonyl (C=O) groups excluding carboxylic acids is 1. The van der Waals surface area contributed by atoms with Gasteiger partial charge < -0.3 is 10.2 Å². The summed E-state index contributed by atoms with van der Waals surface area (Å²) >= 11 is 0. The Balaban J connectivity index is 0.00000225. The number of carbonyl (C=O) groups is 1. The maximum absolute atomic E-state index is 13.1. The Morgan fingerprint density at radius 1 is 1.32 bits per heavy atom. The van der Waals surface area contributed by atoms with Crippen LogP contribution in [0.5, 0.6) is 0 Å². The minimum atomic E-state index is -3.25. The van der Waals surface area contributed by atoms with Crippen LogP contribution in [0.3, 0.4) is 0 Å². The van der Waals surface area contributed by atoms with E-state index in [2.05, 4.69) is 10.0 Å². The van der Waals surface area contributed by atoms with Crippen molar-refractivity contribution in [1.82, 2.24) is 9.62 Å². The second-order valence-corrected chi connectivity index (χ2v) is 8.46. The molecule has 0 aromatic heterocycles. The van der Waals surface area contributed by atoms with Crippen molar-refractivity contribution in [2.24, 2.45) is 0 Å². The molecule has 0 spiro atoms. The molecular weight excluding hydrogens is 362 g/mol. The Morgan fingerprint density at radius 3 is 2.88 bits per heavy atom. The predicted octanol–water partition coefficient (Wildman–Crippen LogP) is 2.01. The Kier molecular flexibility index (Phi) is 6.71. The molecule has 1 aromatic carbocycles. The van der Waals surface area contributed by atoms with Gasteiger partial charge in [-0.15, -0.1) is 12.4 Å². The van der Waals surface area contributed by atoms with Crippen LogP contribution in [0.25, 0.3) is 0 Å². The van der Waals surface area contributed by atoms with Crippen LogP contribution in [0, 0.1) is 0 Å². The molecule has 8 heteroatoms. The van der Waals surface area contributed by atoms with E-state index in [0.29, 0.717) is 6.54 Å². The van der Waals surface area contributed by atoms with Gasteiger partial charge in [-0.1, -0.05) is 6.07 Å².